The van der Waals surface area contributed by atoms with Crippen molar-refractivity contribution in [3.63, 3.8) is 0 Å². The minimum Gasteiger partial charge on any atom is -0.462 e. The quantitative estimate of drug-likeness (QED) is 0.0264. The minimum atomic E-state index is -4.39. The first-order chi connectivity index (χ1) is 33.8. The highest BCUT2D eigenvalue weighted by molar-refractivity contribution is 7.47. The van der Waals surface area contributed by atoms with E-state index in [1.54, 1.807) is 0 Å². The first-order valence-electron chi connectivity index (χ1n) is 28.1. The van der Waals surface area contributed by atoms with Crippen LogP contribution in [0, 0.1) is 0 Å². The molecule has 0 aromatic heterocycles. The fraction of sp³-hybridized carbons (Fsp3) is 0.729. The van der Waals surface area contributed by atoms with E-state index in [0.717, 1.165) is 96.3 Å². The summed E-state index contributed by atoms with van der Waals surface area (Å²) >= 11 is 0. The number of hydrogen-bond donors (Lipinski definition) is 2. The SMILES string of the molecule is CC/C=C\C/C=C\C/C=C\C/C=C\C/C=C\C/C=C\CCCCCCCCCCCCCCCCCCC(=O)OC(COC(=O)CCCCCCC/C=C\CCCCCC)COP(=O)(O)OCCN. The van der Waals surface area contributed by atoms with E-state index in [9.17, 15) is 19.0 Å². The lowest BCUT2D eigenvalue weighted by Gasteiger charge is -2.19. The highest BCUT2D eigenvalue weighted by Crippen LogP contribution is 2.43. The highest BCUT2D eigenvalue weighted by Gasteiger charge is 2.26. The Morgan fingerprint density at radius 2 is 0.797 bits per heavy atom. The van der Waals surface area contributed by atoms with E-state index in [0.29, 0.717) is 6.42 Å². The summed E-state index contributed by atoms with van der Waals surface area (Å²) in [7, 11) is -4.39. The topological polar surface area (TPSA) is 134 Å². The van der Waals surface area contributed by atoms with Crippen molar-refractivity contribution in [3.8, 4) is 0 Å². The number of phosphoric acid groups is 1. The maximum absolute atomic E-state index is 12.7. The second-order valence-corrected chi connectivity index (χ2v) is 19.9. The van der Waals surface area contributed by atoms with E-state index >= 15 is 0 Å². The molecule has 0 bridgehead atoms. The average molecular weight is 986 g/mol. The van der Waals surface area contributed by atoms with Crippen LogP contribution in [-0.2, 0) is 32.7 Å². The molecule has 0 aliphatic heterocycles. The molecule has 0 radical (unpaired) electrons. The molecule has 2 unspecified atom stereocenters. The van der Waals surface area contributed by atoms with Crippen molar-refractivity contribution >= 4 is 19.8 Å². The van der Waals surface area contributed by atoms with Crippen LogP contribution in [0.3, 0.4) is 0 Å². The van der Waals surface area contributed by atoms with Crippen LogP contribution in [0.25, 0.3) is 0 Å². The molecule has 0 aliphatic rings. The number of carbonyl (C=O) groups excluding carboxylic acids is 2. The Morgan fingerprint density at radius 3 is 1.20 bits per heavy atom. The predicted molar refractivity (Wildman–Crippen MR) is 293 cm³/mol. The molecular weight excluding hydrogens is 882 g/mol. The fourth-order valence-corrected chi connectivity index (χ4v) is 8.40. The Balaban J connectivity index is 3.89. The maximum atomic E-state index is 12.7. The number of nitrogens with two attached hydrogens (primary N) is 1. The van der Waals surface area contributed by atoms with Crippen molar-refractivity contribution in [3.05, 3.63) is 85.1 Å². The van der Waals surface area contributed by atoms with E-state index in [1.165, 1.54) is 116 Å². The second-order valence-electron chi connectivity index (χ2n) is 18.4. The summed E-state index contributed by atoms with van der Waals surface area (Å²) in [5.41, 5.74) is 5.37. The molecule has 0 fully saturated rings. The van der Waals surface area contributed by atoms with Crippen molar-refractivity contribution in [2.75, 3.05) is 26.4 Å². The molecule has 0 amide bonds. The summed E-state index contributed by atoms with van der Waals surface area (Å²) in [6.45, 7) is 3.61. The average Bonchev–Trinajstić information content (AvgIpc) is 3.34. The van der Waals surface area contributed by atoms with Crippen molar-refractivity contribution < 1.29 is 37.6 Å². The van der Waals surface area contributed by atoms with Crippen LogP contribution in [0.2, 0.25) is 0 Å². The molecule has 0 spiro atoms. The van der Waals surface area contributed by atoms with Gasteiger partial charge in [0.15, 0.2) is 6.10 Å². The number of rotatable bonds is 52. The van der Waals surface area contributed by atoms with Gasteiger partial charge in [0.2, 0.25) is 0 Å². The van der Waals surface area contributed by atoms with Crippen LogP contribution < -0.4 is 5.73 Å². The second kappa shape index (κ2) is 54.5. The molecule has 0 saturated carbocycles. The molecule has 9 nitrogen and oxygen atoms in total. The van der Waals surface area contributed by atoms with Crippen molar-refractivity contribution in [2.24, 2.45) is 5.73 Å². The molecule has 69 heavy (non-hydrogen) atoms. The van der Waals surface area contributed by atoms with Gasteiger partial charge in [0.25, 0.3) is 0 Å². The highest BCUT2D eigenvalue weighted by atomic mass is 31.2. The lowest BCUT2D eigenvalue weighted by Crippen LogP contribution is -2.29. The molecule has 3 N–H and O–H groups in total. The fourth-order valence-electron chi connectivity index (χ4n) is 7.63. The van der Waals surface area contributed by atoms with E-state index in [-0.39, 0.29) is 38.6 Å². The van der Waals surface area contributed by atoms with Crippen LogP contribution in [0.4, 0.5) is 0 Å². The monoisotopic (exact) mass is 986 g/mol. The van der Waals surface area contributed by atoms with Crippen molar-refractivity contribution in [1.82, 2.24) is 0 Å². The van der Waals surface area contributed by atoms with Crippen molar-refractivity contribution in [1.29, 1.82) is 0 Å². The number of phosphoric ester groups is 1. The van der Waals surface area contributed by atoms with Gasteiger partial charge in [-0.1, -0.05) is 227 Å². The Bertz CT molecular complexity index is 1400. The summed E-state index contributed by atoms with van der Waals surface area (Å²) in [4.78, 5) is 35.0. The Kier molecular flexibility index (Phi) is 52.3. The molecule has 0 heterocycles. The third kappa shape index (κ3) is 54.4. The van der Waals surface area contributed by atoms with Gasteiger partial charge < -0.3 is 20.1 Å². The van der Waals surface area contributed by atoms with Crippen LogP contribution in [0.15, 0.2) is 85.1 Å². The summed E-state index contributed by atoms with van der Waals surface area (Å²) in [5.74, 6) is -0.836. The number of carbonyl (C=O) groups is 2. The molecular formula is C59H104NO8P. The molecule has 2 atom stereocenters. The zero-order valence-corrected chi connectivity index (χ0v) is 45.2. The molecule has 0 aliphatic carbocycles. The smallest absolute Gasteiger partial charge is 0.462 e. The van der Waals surface area contributed by atoms with Gasteiger partial charge in [-0.2, -0.15) is 0 Å². The van der Waals surface area contributed by atoms with Gasteiger partial charge in [-0.3, -0.25) is 18.6 Å². The minimum absolute atomic E-state index is 0.0506. The molecule has 0 aromatic rings. The summed E-state index contributed by atoms with van der Waals surface area (Å²) in [6.07, 6.45) is 70.7. The summed E-state index contributed by atoms with van der Waals surface area (Å²) in [5, 5.41) is 0. The Labute approximate surface area is 424 Å². The van der Waals surface area contributed by atoms with E-state index in [2.05, 4.69) is 98.9 Å². The molecule has 10 heteroatoms. The third-order valence-corrected chi connectivity index (χ3v) is 12.7. The predicted octanol–water partition coefficient (Wildman–Crippen LogP) is 17.5. The zero-order valence-electron chi connectivity index (χ0n) is 44.3. The number of ether oxygens (including phenoxy) is 2. The number of allylic oxidation sites excluding steroid dienone is 14. The lowest BCUT2D eigenvalue weighted by molar-refractivity contribution is -0.161. The van der Waals surface area contributed by atoms with Gasteiger partial charge in [-0.05, 0) is 89.9 Å². The largest absolute Gasteiger partial charge is 0.472 e. The first kappa shape index (κ1) is 66.2. The molecule has 0 aromatic carbocycles. The summed E-state index contributed by atoms with van der Waals surface area (Å²) in [6, 6.07) is 0. The van der Waals surface area contributed by atoms with Gasteiger partial charge in [-0.15, -0.1) is 0 Å². The Morgan fingerprint density at radius 1 is 0.449 bits per heavy atom. The van der Waals surface area contributed by atoms with Crippen molar-refractivity contribution in [2.45, 2.75) is 251 Å². The maximum Gasteiger partial charge on any atom is 0.472 e. The first-order valence-corrected chi connectivity index (χ1v) is 29.6. The van der Waals surface area contributed by atoms with Gasteiger partial charge in [0, 0.05) is 19.4 Å². The van der Waals surface area contributed by atoms with Gasteiger partial charge >= 0.3 is 19.8 Å². The van der Waals surface area contributed by atoms with E-state index < -0.39 is 26.5 Å². The van der Waals surface area contributed by atoms with Crippen LogP contribution in [0.1, 0.15) is 245 Å². The number of hydrogen-bond acceptors (Lipinski definition) is 8. The van der Waals surface area contributed by atoms with E-state index in [4.69, 9.17) is 24.3 Å². The van der Waals surface area contributed by atoms with Crippen LogP contribution in [0.5, 0.6) is 0 Å². The number of unbranched alkanes of at least 4 members (excludes halogenated alkanes) is 25. The van der Waals surface area contributed by atoms with Crippen LogP contribution in [-0.4, -0.2) is 49.3 Å². The van der Waals surface area contributed by atoms with Crippen LogP contribution >= 0.6 is 7.82 Å². The van der Waals surface area contributed by atoms with E-state index in [1.807, 2.05) is 0 Å². The molecule has 0 saturated heterocycles. The third-order valence-electron chi connectivity index (χ3n) is 11.8. The van der Waals surface area contributed by atoms with Gasteiger partial charge in [-0.25, -0.2) is 4.57 Å². The summed E-state index contributed by atoms with van der Waals surface area (Å²) < 4.78 is 32.9. The normalized spacial score (nSPS) is 13.7. The molecule has 0 rings (SSSR count). The van der Waals surface area contributed by atoms with Gasteiger partial charge in [0.1, 0.15) is 6.61 Å². The zero-order chi connectivity index (χ0) is 50.2. The standard InChI is InChI=1S/C59H104NO8P/c1-3-5-7-9-11-13-15-17-18-19-20-21-22-23-24-25-26-27-28-29-30-31-32-33-34-35-36-37-38-40-42-44-46-48-50-52-59(62)68-57(56-67-69(63,64)66-54-53-60)55-65-58(61)51-49-47-45-43-41-39-16-14-12-10-8-6-4-2/h5,7,11,13-14,16-18,20-21,23-24,26-27,57H,3-4,6,8-10,12,15,19,22,25,28-56,60H2,1-2H3,(H,63,64)/b7-5-,13-11-,16-14-,18-17-,21-20-,24-23-,27-26-. The Hall–Kier alpha value is -2.81. The molecule has 398 valence electrons. The number of esters is 2. The van der Waals surface area contributed by atoms with Gasteiger partial charge in [0.05, 0.1) is 13.2 Å². The lowest BCUT2D eigenvalue weighted by atomic mass is 10.0.